The lowest BCUT2D eigenvalue weighted by Crippen LogP contribution is -2.04. The topological polar surface area (TPSA) is 9.23 Å². The molecule has 1 aliphatic carbocycles. The van der Waals surface area contributed by atoms with Crippen LogP contribution in [0.4, 0.5) is 0 Å². The fourth-order valence-corrected chi connectivity index (χ4v) is 3.96. The zero-order chi connectivity index (χ0) is 17.5. The fraction of sp³-hybridized carbons (Fsp3) is 0.333. The highest BCUT2D eigenvalue weighted by atomic mass is 16.5. The number of rotatable bonds is 7. The Hall–Kier alpha value is -2.28. The summed E-state index contributed by atoms with van der Waals surface area (Å²) in [5, 5.41) is 0. The number of hydrogen-bond acceptors (Lipinski definition) is 1. The van der Waals surface area contributed by atoms with Gasteiger partial charge in [-0.1, -0.05) is 80.5 Å². The van der Waals surface area contributed by atoms with Crippen LogP contribution in [-0.2, 0) is 0 Å². The molecule has 0 amide bonds. The molecule has 2 aromatic rings. The van der Waals surface area contributed by atoms with E-state index in [0.29, 0.717) is 6.61 Å². The molecule has 0 aromatic heterocycles. The maximum atomic E-state index is 5.65. The predicted octanol–water partition coefficient (Wildman–Crippen LogP) is 6.65. The summed E-state index contributed by atoms with van der Waals surface area (Å²) in [5.41, 5.74) is 5.65. The van der Waals surface area contributed by atoms with Gasteiger partial charge < -0.3 is 4.74 Å². The third-order valence-electron chi connectivity index (χ3n) is 5.12. The first-order chi connectivity index (χ1) is 12.3. The summed E-state index contributed by atoms with van der Waals surface area (Å²) in [6.45, 7) is 6.56. The molecule has 0 atom stereocenters. The van der Waals surface area contributed by atoms with Gasteiger partial charge in [0.1, 0.15) is 12.4 Å². The Morgan fingerprint density at radius 3 is 2.24 bits per heavy atom. The summed E-state index contributed by atoms with van der Waals surface area (Å²) in [4.78, 5) is 0. The van der Waals surface area contributed by atoms with E-state index < -0.39 is 0 Å². The maximum Gasteiger partial charge on any atom is 0.119 e. The number of hydrogen-bond donors (Lipinski definition) is 0. The summed E-state index contributed by atoms with van der Waals surface area (Å²) < 4.78 is 5.65. The molecule has 1 aliphatic rings. The van der Waals surface area contributed by atoms with Gasteiger partial charge >= 0.3 is 0 Å². The first kappa shape index (κ1) is 17.5. The standard InChI is InChI=1S/C24H28O/c1-3-18-25-22-16-14-21(15-17-22)24(20-12-6-5-7-13-20)23(4-2)19-10-8-9-11-19/h3,5-7,12-17,19H,1,4,8-11,18H2,2H3. The molecule has 3 rings (SSSR count). The first-order valence-corrected chi connectivity index (χ1v) is 9.46. The second kappa shape index (κ2) is 8.71. The Morgan fingerprint density at radius 2 is 1.64 bits per heavy atom. The van der Waals surface area contributed by atoms with Gasteiger partial charge in [-0.05, 0) is 54.0 Å². The minimum atomic E-state index is 0.545. The predicted molar refractivity (Wildman–Crippen MR) is 107 cm³/mol. The zero-order valence-electron chi connectivity index (χ0n) is 15.2. The van der Waals surface area contributed by atoms with Crippen LogP contribution in [0.15, 0.2) is 72.8 Å². The van der Waals surface area contributed by atoms with E-state index in [0.717, 1.165) is 18.1 Å². The van der Waals surface area contributed by atoms with Crippen molar-refractivity contribution in [3.8, 4) is 5.75 Å². The van der Waals surface area contributed by atoms with Gasteiger partial charge in [-0.25, -0.2) is 0 Å². The Morgan fingerprint density at radius 1 is 1.00 bits per heavy atom. The third kappa shape index (κ3) is 4.22. The van der Waals surface area contributed by atoms with Gasteiger partial charge in [-0.2, -0.15) is 0 Å². The smallest absolute Gasteiger partial charge is 0.119 e. The first-order valence-electron chi connectivity index (χ1n) is 9.46. The van der Waals surface area contributed by atoms with E-state index >= 15 is 0 Å². The van der Waals surface area contributed by atoms with Gasteiger partial charge in [0.2, 0.25) is 0 Å². The summed E-state index contributed by atoms with van der Waals surface area (Å²) in [7, 11) is 0. The SMILES string of the molecule is C=CCOc1ccc(C(=C(CC)C2CCCC2)c2ccccc2)cc1. The van der Waals surface area contributed by atoms with Crippen LogP contribution < -0.4 is 4.74 Å². The second-order valence-electron chi connectivity index (χ2n) is 6.73. The van der Waals surface area contributed by atoms with E-state index in [2.05, 4.69) is 68.1 Å². The lowest BCUT2D eigenvalue weighted by molar-refractivity contribution is 0.363. The molecule has 0 bridgehead atoms. The molecule has 0 spiro atoms. The molecule has 1 saturated carbocycles. The normalized spacial score (nSPS) is 15.7. The monoisotopic (exact) mass is 332 g/mol. The Labute approximate surface area is 152 Å². The number of allylic oxidation sites excluding steroid dienone is 1. The molecule has 0 unspecified atom stereocenters. The molecule has 2 aromatic carbocycles. The van der Waals surface area contributed by atoms with E-state index in [1.807, 2.05) is 0 Å². The quantitative estimate of drug-likeness (QED) is 0.515. The van der Waals surface area contributed by atoms with Crippen molar-refractivity contribution in [3.05, 3.63) is 84.0 Å². The van der Waals surface area contributed by atoms with Crippen molar-refractivity contribution < 1.29 is 4.74 Å². The van der Waals surface area contributed by atoms with Crippen molar-refractivity contribution >= 4 is 5.57 Å². The van der Waals surface area contributed by atoms with Crippen molar-refractivity contribution in [1.29, 1.82) is 0 Å². The summed E-state index contributed by atoms with van der Waals surface area (Å²) in [6.07, 6.45) is 8.29. The molecular formula is C24H28O. The van der Waals surface area contributed by atoms with Crippen LogP contribution in [0, 0.1) is 5.92 Å². The molecule has 0 radical (unpaired) electrons. The average Bonchev–Trinajstić information content (AvgIpc) is 3.20. The Bertz CT molecular complexity index is 704. The van der Waals surface area contributed by atoms with Gasteiger partial charge in [0.05, 0.1) is 0 Å². The van der Waals surface area contributed by atoms with Crippen LogP contribution in [0.2, 0.25) is 0 Å². The molecule has 25 heavy (non-hydrogen) atoms. The molecule has 1 fully saturated rings. The van der Waals surface area contributed by atoms with Crippen molar-refractivity contribution in [2.75, 3.05) is 6.61 Å². The summed E-state index contributed by atoms with van der Waals surface area (Å²) in [5.74, 6) is 1.63. The Kier molecular flexibility index (Phi) is 6.11. The van der Waals surface area contributed by atoms with Gasteiger partial charge in [0.25, 0.3) is 0 Å². The van der Waals surface area contributed by atoms with Crippen molar-refractivity contribution in [3.63, 3.8) is 0 Å². The molecule has 130 valence electrons. The van der Waals surface area contributed by atoms with Crippen LogP contribution in [0.1, 0.15) is 50.2 Å². The van der Waals surface area contributed by atoms with Crippen molar-refractivity contribution in [2.45, 2.75) is 39.0 Å². The minimum Gasteiger partial charge on any atom is -0.490 e. The van der Waals surface area contributed by atoms with E-state index in [1.165, 1.54) is 42.4 Å². The molecular weight excluding hydrogens is 304 g/mol. The van der Waals surface area contributed by atoms with Crippen molar-refractivity contribution in [2.24, 2.45) is 5.92 Å². The highest BCUT2D eigenvalue weighted by Crippen LogP contribution is 2.39. The van der Waals surface area contributed by atoms with Gasteiger partial charge in [0.15, 0.2) is 0 Å². The number of benzene rings is 2. The lowest BCUT2D eigenvalue weighted by atomic mass is 9.84. The summed E-state index contributed by atoms with van der Waals surface area (Å²) >= 11 is 0. The van der Waals surface area contributed by atoms with E-state index in [1.54, 1.807) is 11.6 Å². The highest BCUT2D eigenvalue weighted by molar-refractivity contribution is 5.82. The van der Waals surface area contributed by atoms with Crippen LogP contribution in [-0.4, -0.2) is 6.61 Å². The maximum absolute atomic E-state index is 5.65. The molecule has 1 heteroatoms. The Balaban J connectivity index is 2.03. The zero-order valence-corrected chi connectivity index (χ0v) is 15.2. The van der Waals surface area contributed by atoms with E-state index in [-0.39, 0.29) is 0 Å². The highest BCUT2D eigenvalue weighted by Gasteiger charge is 2.22. The number of ether oxygens (including phenoxy) is 1. The molecule has 0 N–H and O–H groups in total. The van der Waals surface area contributed by atoms with Crippen LogP contribution in [0.5, 0.6) is 5.75 Å². The van der Waals surface area contributed by atoms with Crippen LogP contribution in [0.3, 0.4) is 0 Å². The molecule has 0 saturated heterocycles. The third-order valence-corrected chi connectivity index (χ3v) is 5.12. The fourth-order valence-electron chi connectivity index (χ4n) is 3.96. The van der Waals surface area contributed by atoms with E-state index in [9.17, 15) is 0 Å². The van der Waals surface area contributed by atoms with Crippen LogP contribution >= 0.6 is 0 Å². The lowest BCUT2D eigenvalue weighted by Gasteiger charge is -2.21. The van der Waals surface area contributed by atoms with Gasteiger partial charge in [-0.15, -0.1) is 0 Å². The minimum absolute atomic E-state index is 0.545. The second-order valence-corrected chi connectivity index (χ2v) is 6.73. The summed E-state index contributed by atoms with van der Waals surface area (Å²) in [6, 6.07) is 19.4. The van der Waals surface area contributed by atoms with Gasteiger partial charge in [-0.3, -0.25) is 0 Å². The van der Waals surface area contributed by atoms with Crippen molar-refractivity contribution in [1.82, 2.24) is 0 Å². The van der Waals surface area contributed by atoms with E-state index in [4.69, 9.17) is 4.74 Å². The largest absolute Gasteiger partial charge is 0.490 e. The molecule has 1 nitrogen and oxygen atoms in total. The van der Waals surface area contributed by atoms with Crippen LogP contribution in [0.25, 0.3) is 5.57 Å². The molecule has 0 heterocycles. The molecule has 0 aliphatic heterocycles. The average molecular weight is 332 g/mol. The van der Waals surface area contributed by atoms with Gasteiger partial charge in [0, 0.05) is 0 Å².